The molecular weight excluding hydrogens is 258 g/mol. The fourth-order valence-corrected chi connectivity index (χ4v) is 2.74. The first-order valence-electron chi connectivity index (χ1n) is 7.18. The molecule has 1 aliphatic carbocycles. The summed E-state index contributed by atoms with van der Waals surface area (Å²) < 4.78 is 0. The lowest BCUT2D eigenvalue weighted by Crippen LogP contribution is -2.45. The van der Waals surface area contributed by atoms with Crippen LogP contribution in [-0.2, 0) is 6.54 Å². The van der Waals surface area contributed by atoms with E-state index in [1.54, 1.807) is 0 Å². The van der Waals surface area contributed by atoms with Gasteiger partial charge in [-0.2, -0.15) is 0 Å². The largest absolute Gasteiger partial charge is 0.369 e. The summed E-state index contributed by atoms with van der Waals surface area (Å²) in [5, 5.41) is 4.44. The summed E-state index contributed by atoms with van der Waals surface area (Å²) in [7, 11) is 2.19. The number of piperazine rings is 1. The molecule has 1 aromatic carbocycles. The van der Waals surface area contributed by atoms with Crippen LogP contribution in [0.5, 0.6) is 0 Å². The second-order valence-electron chi connectivity index (χ2n) is 5.72. The quantitative estimate of drug-likeness (QED) is 0.913. The van der Waals surface area contributed by atoms with Gasteiger partial charge in [-0.25, -0.2) is 0 Å². The lowest BCUT2D eigenvalue weighted by molar-refractivity contribution is 0.312. The minimum atomic E-state index is 0.746. The van der Waals surface area contributed by atoms with Gasteiger partial charge in [0.2, 0.25) is 0 Å². The van der Waals surface area contributed by atoms with Crippen molar-refractivity contribution in [2.45, 2.75) is 25.4 Å². The molecule has 104 valence electrons. The van der Waals surface area contributed by atoms with Crippen LogP contribution in [0.1, 0.15) is 18.4 Å². The monoisotopic (exact) mass is 279 g/mol. The predicted molar refractivity (Wildman–Crippen MR) is 81.0 cm³/mol. The molecule has 1 saturated carbocycles. The molecule has 0 amide bonds. The van der Waals surface area contributed by atoms with Crippen LogP contribution in [-0.4, -0.2) is 44.2 Å². The summed E-state index contributed by atoms with van der Waals surface area (Å²) in [6.45, 7) is 5.40. The number of hydrogen-bond acceptors (Lipinski definition) is 3. The van der Waals surface area contributed by atoms with Crippen molar-refractivity contribution >= 4 is 17.3 Å². The molecule has 0 bridgehead atoms. The number of nitrogens with one attached hydrogen (secondary N) is 1. The molecule has 0 aromatic heterocycles. The second-order valence-corrected chi connectivity index (χ2v) is 6.15. The lowest BCUT2D eigenvalue weighted by Gasteiger charge is -2.35. The standard InChI is InChI=1S/C15H22ClN3/c1-18-6-8-19(9-7-18)15-10-13(16)3-2-12(15)11-17-14-4-5-14/h2-3,10,14,17H,4-9,11H2,1H3. The number of rotatable bonds is 4. The molecule has 1 heterocycles. The van der Waals surface area contributed by atoms with Crippen molar-refractivity contribution < 1.29 is 0 Å². The molecule has 4 heteroatoms. The molecule has 2 aliphatic rings. The van der Waals surface area contributed by atoms with Gasteiger partial charge in [0.15, 0.2) is 0 Å². The molecule has 19 heavy (non-hydrogen) atoms. The van der Waals surface area contributed by atoms with E-state index in [1.807, 2.05) is 6.07 Å². The third-order valence-electron chi connectivity index (χ3n) is 4.05. The van der Waals surface area contributed by atoms with Gasteiger partial charge in [-0.3, -0.25) is 0 Å². The van der Waals surface area contributed by atoms with Crippen molar-refractivity contribution in [1.82, 2.24) is 10.2 Å². The van der Waals surface area contributed by atoms with E-state index in [4.69, 9.17) is 11.6 Å². The Bertz CT molecular complexity index is 437. The van der Waals surface area contributed by atoms with Crippen molar-refractivity contribution in [2.24, 2.45) is 0 Å². The summed E-state index contributed by atoms with van der Waals surface area (Å²) in [6.07, 6.45) is 2.66. The molecule has 0 spiro atoms. The average Bonchev–Trinajstić information content (AvgIpc) is 3.22. The first-order valence-corrected chi connectivity index (χ1v) is 7.55. The van der Waals surface area contributed by atoms with Gasteiger partial charge >= 0.3 is 0 Å². The molecule has 1 saturated heterocycles. The Hall–Kier alpha value is -0.770. The second kappa shape index (κ2) is 5.70. The topological polar surface area (TPSA) is 18.5 Å². The Morgan fingerprint density at radius 2 is 1.95 bits per heavy atom. The van der Waals surface area contributed by atoms with Gasteiger partial charge in [0.1, 0.15) is 0 Å². The Morgan fingerprint density at radius 1 is 1.21 bits per heavy atom. The first-order chi connectivity index (χ1) is 9.22. The van der Waals surface area contributed by atoms with Gasteiger partial charge < -0.3 is 15.1 Å². The molecule has 0 unspecified atom stereocenters. The molecule has 2 fully saturated rings. The number of nitrogens with zero attached hydrogens (tertiary/aromatic N) is 2. The van der Waals surface area contributed by atoms with Crippen LogP contribution in [0, 0.1) is 0 Å². The molecule has 0 radical (unpaired) electrons. The molecular formula is C15H22ClN3. The average molecular weight is 280 g/mol. The van der Waals surface area contributed by atoms with Crippen molar-refractivity contribution in [2.75, 3.05) is 38.1 Å². The van der Waals surface area contributed by atoms with Gasteiger partial charge in [0, 0.05) is 49.5 Å². The third-order valence-corrected chi connectivity index (χ3v) is 4.28. The molecule has 1 aliphatic heterocycles. The van der Waals surface area contributed by atoms with E-state index in [0.717, 1.165) is 43.8 Å². The van der Waals surface area contributed by atoms with Crippen LogP contribution < -0.4 is 10.2 Å². The van der Waals surface area contributed by atoms with Crippen LogP contribution in [0.15, 0.2) is 18.2 Å². The summed E-state index contributed by atoms with van der Waals surface area (Å²) >= 11 is 6.18. The van der Waals surface area contributed by atoms with Crippen LogP contribution in [0.25, 0.3) is 0 Å². The highest BCUT2D eigenvalue weighted by Crippen LogP contribution is 2.27. The van der Waals surface area contributed by atoms with Crippen LogP contribution >= 0.6 is 11.6 Å². The zero-order valence-electron chi connectivity index (χ0n) is 11.5. The molecule has 3 rings (SSSR count). The number of halogens is 1. The lowest BCUT2D eigenvalue weighted by atomic mass is 10.1. The number of likely N-dealkylation sites (N-methyl/N-ethyl adjacent to an activating group) is 1. The third kappa shape index (κ3) is 3.41. The van der Waals surface area contributed by atoms with E-state index in [9.17, 15) is 0 Å². The summed E-state index contributed by atoms with van der Waals surface area (Å²) in [4.78, 5) is 4.85. The van der Waals surface area contributed by atoms with Gasteiger partial charge in [-0.15, -0.1) is 0 Å². The highest BCUT2D eigenvalue weighted by atomic mass is 35.5. The molecule has 0 atom stereocenters. The fraction of sp³-hybridized carbons (Fsp3) is 0.600. The predicted octanol–water partition coefficient (Wildman–Crippen LogP) is 2.34. The van der Waals surface area contributed by atoms with E-state index in [1.165, 1.54) is 24.1 Å². The summed E-state index contributed by atoms with van der Waals surface area (Å²) in [5.74, 6) is 0. The van der Waals surface area contributed by atoms with Crippen molar-refractivity contribution in [1.29, 1.82) is 0 Å². The number of anilines is 1. The molecule has 1 N–H and O–H groups in total. The van der Waals surface area contributed by atoms with E-state index < -0.39 is 0 Å². The fourth-order valence-electron chi connectivity index (χ4n) is 2.57. The maximum absolute atomic E-state index is 6.18. The van der Waals surface area contributed by atoms with Crippen LogP contribution in [0.2, 0.25) is 5.02 Å². The zero-order valence-corrected chi connectivity index (χ0v) is 12.3. The normalized spacial score (nSPS) is 20.8. The van der Waals surface area contributed by atoms with E-state index >= 15 is 0 Å². The highest BCUT2D eigenvalue weighted by Gasteiger charge is 2.22. The van der Waals surface area contributed by atoms with Gasteiger partial charge in [0.25, 0.3) is 0 Å². The van der Waals surface area contributed by atoms with Gasteiger partial charge in [0.05, 0.1) is 0 Å². The van der Waals surface area contributed by atoms with Crippen molar-refractivity contribution in [3.63, 3.8) is 0 Å². The minimum Gasteiger partial charge on any atom is -0.369 e. The Morgan fingerprint density at radius 3 is 2.63 bits per heavy atom. The number of benzene rings is 1. The Labute approximate surface area is 120 Å². The van der Waals surface area contributed by atoms with Gasteiger partial charge in [-0.1, -0.05) is 17.7 Å². The zero-order chi connectivity index (χ0) is 13.2. The van der Waals surface area contributed by atoms with Crippen LogP contribution in [0.3, 0.4) is 0 Å². The van der Waals surface area contributed by atoms with Gasteiger partial charge in [-0.05, 0) is 37.6 Å². The molecule has 1 aromatic rings. The van der Waals surface area contributed by atoms with Crippen molar-refractivity contribution in [3.8, 4) is 0 Å². The summed E-state index contributed by atoms with van der Waals surface area (Å²) in [6, 6.07) is 7.05. The Balaban J connectivity index is 1.74. The SMILES string of the molecule is CN1CCN(c2cc(Cl)ccc2CNC2CC2)CC1. The smallest absolute Gasteiger partial charge is 0.0427 e. The van der Waals surface area contributed by atoms with Crippen molar-refractivity contribution in [3.05, 3.63) is 28.8 Å². The maximum Gasteiger partial charge on any atom is 0.0427 e. The maximum atomic E-state index is 6.18. The first kappa shape index (κ1) is 13.2. The summed E-state index contributed by atoms with van der Waals surface area (Å²) in [5.41, 5.74) is 2.69. The molecule has 3 nitrogen and oxygen atoms in total. The van der Waals surface area contributed by atoms with E-state index in [0.29, 0.717) is 0 Å². The highest BCUT2D eigenvalue weighted by molar-refractivity contribution is 6.30. The Kier molecular flexibility index (Phi) is 3.96. The number of hydrogen-bond donors (Lipinski definition) is 1. The van der Waals surface area contributed by atoms with Crippen LogP contribution in [0.4, 0.5) is 5.69 Å². The van der Waals surface area contributed by atoms with E-state index in [-0.39, 0.29) is 0 Å². The minimum absolute atomic E-state index is 0.746. The van der Waals surface area contributed by atoms with E-state index in [2.05, 4.69) is 34.3 Å².